The molecule has 3 aromatic carbocycles. The highest BCUT2D eigenvalue weighted by Gasteiger charge is 2.31. The first-order valence-electron chi connectivity index (χ1n) is 13.0. The Morgan fingerprint density at radius 3 is 1.97 bits per heavy atom. The lowest BCUT2D eigenvalue weighted by atomic mass is 9.87. The van der Waals surface area contributed by atoms with Crippen molar-refractivity contribution in [1.29, 1.82) is 0 Å². The van der Waals surface area contributed by atoms with Crippen LogP contribution in [0, 0.1) is 0 Å². The van der Waals surface area contributed by atoms with Crippen LogP contribution in [-0.2, 0) is 14.9 Å². The first-order valence-corrected chi connectivity index (χ1v) is 13.0. The van der Waals surface area contributed by atoms with E-state index in [-0.39, 0.29) is 17.8 Å². The highest BCUT2D eigenvalue weighted by atomic mass is 19.4. The number of benzene rings is 3. The Morgan fingerprint density at radius 1 is 0.795 bits per heavy atom. The van der Waals surface area contributed by atoms with Gasteiger partial charge in [-0.15, -0.1) is 13.2 Å². The summed E-state index contributed by atoms with van der Waals surface area (Å²) in [6, 6.07) is 18.4. The summed E-state index contributed by atoms with van der Waals surface area (Å²) in [4.78, 5) is 12.6. The molecular formula is C31H35F3O5. The minimum atomic E-state index is -4.78. The summed E-state index contributed by atoms with van der Waals surface area (Å²) in [5, 5.41) is 0. The van der Waals surface area contributed by atoms with Gasteiger partial charge in [0.25, 0.3) is 0 Å². The molecule has 0 saturated carbocycles. The van der Waals surface area contributed by atoms with E-state index in [0.717, 1.165) is 18.4 Å². The van der Waals surface area contributed by atoms with E-state index in [0.29, 0.717) is 34.8 Å². The standard InChI is InChI=1S/C31H35F3O5/c1-6-8-9-28(29(35)36-7-2)38-27-19-22(21-10-14-25(15-11-21)39-31(32,33)34)18-26(20-27)37-24-16-12-23(13-17-24)30(3,4)5/h10-20,28H,6-9H2,1-5H3. The molecule has 0 fully saturated rings. The molecule has 0 radical (unpaired) electrons. The van der Waals surface area contributed by atoms with Crippen LogP contribution >= 0.6 is 0 Å². The van der Waals surface area contributed by atoms with Crippen LogP contribution in [0.2, 0.25) is 0 Å². The summed E-state index contributed by atoms with van der Waals surface area (Å²) in [6.07, 6.45) is -3.45. The zero-order chi connectivity index (χ0) is 28.6. The van der Waals surface area contributed by atoms with Gasteiger partial charge in [0.15, 0.2) is 6.10 Å². The molecule has 0 aliphatic heterocycles. The number of esters is 1. The first-order chi connectivity index (χ1) is 18.4. The molecule has 1 unspecified atom stereocenters. The Labute approximate surface area is 227 Å². The molecule has 0 aliphatic carbocycles. The van der Waals surface area contributed by atoms with Crippen LogP contribution in [0.5, 0.6) is 23.0 Å². The second kappa shape index (κ2) is 12.9. The number of hydrogen-bond acceptors (Lipinski definition) is 5. The third-order valence-electron chi connectivity index (χ3n) is 5.91. The van der Waals surface area contributed by atoms with Crippen molar-refractivity contribution >= 4 is 5.97 Å². The van der Waals surface area contributed by atoms with E-state index in [1.54, 1.807) is 25.1 Å². The van der Waals surface area contributed by atoms with Crippen molar-refractivity contribution in [1.82, 2.24) is 0 Å². The van der Waals surface area contributed by atoms with E-state index in [2.05, 4.69) is 25.5 Å². The SMILES string of the molecule is CCCCC(Oc1cc(Oc2ccc(C(C)(C)C)cc2)cc(-c2ccc(OC(F)(F)F)cc2)c1)C(=O)OCC. The van der Waals surface area contributed by atoms with Gasteiger partial charge in [0.1, 0.15) is 23.0 Å². The van der Waals surface area contributed by atoms with Crippen molar-refractivity contribution in [3.8, 4) is 34.1 Å². The summed E-state index contributed by atoms with van der Waals surface area (Å²) in [6.45, 7) is 10.4. The maximum atomic E-state index is 12.6. The molecular weight excluding hydrogens is 509 g/mol. The number of unbranched alkanes of at least 4 members (excludes halogenated alkanes) is 1. The average molecular weight is 545 g/mol. The fourth-order valence-electron chi connectivity index (χ4n) is 3.89. The van der Waals surface area contributed by atoms with Gasteiger partial charge in [-0.25, -0.2) is 4.79 Å². The van der Waals surface area contributed by atoms with Gasteiger partial charge >= 0.3 is 12.3 Å². The summed E-state index contributed by atoms with van der Waals surface area (Å²) in [7, 11) is 0. The molecule has 0 saturated heterocycles. The molecule has 0 amide bonds. The lowest BCUT2D eigenvalue weighted by Crippen LogP contribution is -2.29. The topological polar surface area (TPSA) is 54.0 Å². The molecule has 0 aromatic heterocycles. The Morgan fingerprint density at radius 2 is 1.41 bits per heavy atom. The summed E-state index contributed by atoms with van der Waals surface area (Å²) in [5.41, 5.74) is 2.39. The van der Waals surface area contributed by atoms with Crippen LogP contribution in [0.4, 0.5) is 13.2 Å². The fraction of sp³-hybridized carbons (Fsp3) is 0.387. The van der Waals surface area contributed by atoms with Gasteiger partial charge in [-0.2, -0.15) is 0 Å². The van der Waals surface area contributed by atoms with Crippen molar-refractivity contribution in [2.45, 2.75) is 71.8 Å². The van der Waals surface area contributed by atoms with Crippen LogP contribution in [-0.4, -0.2) is 25.0 Å². The second-order valence-electron chi connectivity index (χ2n) is 10.1. The van der Waals surface area contributed by atoms with Crippen LogP contribution in [0.3, 0.4) is 0 Å². The quantitative estimate of drug-likeness (QED) is 0.226. The number of ether oxygens (including phenoxy) is 4. The minimum absolute atomic E-state index is 0.0119. The summed E-state index contributed by atoms with van der Waals surface area (Å²) >= 11 is 0. The van der Waals surface area contributed by atoms with Gasteiger partial charge in [0, 0.05) is 6.07 Å². The number of carbonyl (C=O) groups excluding carboxylic acids is 1. The van der Waals surface area contributed by atoms with Crippen molar-refractivity contribution in [2.24, 2.45) is 0 Å². The van der Waals surface area contributed by atoms with Gasteiger partial charge in [0.2, 0.25) is 0 Å². The third-order valence-corrected chi connectivity index (χ3v) is 5.91. The highest BCUT2D eigenvalue weighted by Crippen LogP contribution is 2.35. The summed E-state index contributed by atoms with van der Waals surface area (Å²) in [5.74, 6) is 0.646. The van der Waals surface area contributed by atoms with Gasteiger partial charge < -0.3 is 18.9 Å². The van der Waals surface area contributed by atoms with Crippen molar-refractivity contribution in [3.05, 3.63) is 72.3 Å². The van der Waals surface area contributed by atoms with Crippen LogP contribution in [0.1, 0.15) is 59.4 Å². The van der Waals surface area contributed by atoms with Gasteiger partial charge in [-0.3, -0.25) is 0 Å². The van der Waals surface area contributed by atoms with Crippen molar-refractivity contribution in [3.63, 3.8) is 0 Å². The number of hydrogen-bond donors (Lipinski definition) is 0. The molecule has 5 nitrogen and oxygen atoms in total. The lowest BCUT2D eigenvalue weighted by molar-refractivity contribution is -0.274. The molecule has 210 valence electrons. The Hall–Kier alpha value is -3.68. The average Bonchev–Trinajstić information content (AvgIpc) is 2.86. The number of rotatable bonds is 11. The molecule has 0 spiro atoms. The van der Waals surface area contributed by atoms with Gasteiger partial charge in [0.05, 0.1) is 6.61 Å². The van der Waals surface area contributed by atoms with Gasteiger partial charge in [-0.05, 0) is 78.3 Å². The minimum Gasteiger partial charge on any atom is -0.479 e. The van der Waals surface area contributed by atoms with E-state index in [9.17, 15) is 18.0 Å². The number of carbonyl (C=O) groups is 1. The highest BCUT2D eigenvalue weighted by molar-refractivity contribution is 5.75. The Balaban J connectivity index is 1.96. The maximum absolute atomic E-state index is 12.6. The van der Waals surface area contributed by atoms with Crippen LogP contribution in [0.25, 0.3) is 11.1 Å². The zero-order valence-corrected chi connectivity index (χ0v) is 22.9. The Bertz CT molecular complexity index is 1210. The van der Waals surface area contributed by atoms with Gasteiger partial charge in [-0.1, -0.05) is 58.4 Å². The molecule has 0 heterocycles. The molecule has 0 aliphatic rings. The monoisotopic (exact) mass is 544 g/mol. The molecule has 39 heavy (non-hydrogen) atoms. The van der Waals surface area contributed by atoms with Crippen molar-refractivity contribution in [2.75, 3.05) is 6.61 Å². The molecule has 8 heteroatoms. The van der Waals surface area contributed by atoms with E-state index >= 15 is 0 Å². The summed E-state index contributed by atoms with van der Waals surface area (Å²) < 4.78 is 59.2. The van der Waals surface area contributed by atoms with Crippen LogP contribution < -0.4 is 14.2 Å². The third kappa shape index (κ3) is 9.23. The predicted molar refractivity (Wildman–Crippen MR) is 144 cm³/mol. The normalized spacial score (nSPS) is 12.5. The lowest BCUT2D eigenvalue weighted by Gasteiger charge is -2.20. The molecule has 1 atom stereocenters. The maximum Gasteiger partial charge on any atom is 0.573 e. The second-order valence-corrected chi connectivity index (χ2v) is 10.1. The Kier molecular flexibility index (Phi) is 9.89. The number of alkyl halides is 3. The smallest absolute Gasteiger partial charge is 0.479 e. The molecule has 0 N–H and O–H groups in total. The fourth-order valence-corrected chi connectivity index (χ4v) is 3.89. The van der Waals surface area contributed by atoms with E-state index < -0.39 is 18.4 Å². The first kappa shape index (κ1) is 29.9. The van der Waals surface area contributed by atoms with Crippen molar-refractivity contribution < 1.29 is 36.9 Å². The predicted octanol–water partition coefficient (Wildman–Crippen LogP) is 8.84. The van der Waals surface area contributed by atoms with E-state index in [1.807, 2.05) is 31.2 Å². The zero-order valence-electron chi connectivity index (χ0n) is 22.9. The van der Waals surface area contributed by atoms with Crippen LogP contribution in [0.15, 0.2) is 66.7 Å². The largest absolute Gasteiger partial charge is 0.573 e. The molecule has 0 bridgehead atoms. The number of halogens is 3. The molecule has 3 rings (SSSR count). The molecule has 3 aromatic rings. The van der Waals surface area contributed by atoms with E-state index in [1.165, 1.54) is 24.3 Å². The van der Waals surface area contributed by atoms with E-state index in [4.69, 9.17) is 14.2 Å².